The first-order valence-electron chi connectivity index (χ1n) is 5.88. The molecular weight excluding hydrogens is 271 g/mol. The predicted octanol–water partition coefficient (Wildman–Crippen LogP) is 1.45. The van der Waals surface area contributed by atoms with Crippen LogP contribution in [0.25, 0.3) is 0 Å². The molecule has 0 saturated carbocycles. The zero-order valence-corrected chi connectivity index (χ0v) is 12.1. The molecule has 1 rings (SSSR count). The predicted molar refractivity (Wildman–Crippen MR) is 71.7 cm³/mol. The molecule has 0 fully saturated rings. The van der Waals surface area contributed by atoms with Gasteiger partial charge >= 0.3 is 0 Å². The van der Waals surface area contributed by atoms with Gasteiger partial charge in [0, 0.05) is 13.6 Å². The SMILES string of the molecule is CC(C)OCCN(C)S(=O)(=O)c1cccc(F)c1N. The molecule has 0 aliphatic rings. The summed E-state index contributed by atoms with van der Waals surface area (Å²) in [7, 11) is -2.40. The molecule has 108 valence electrons. The van der Waals surface area contributed by atoms with Gasteiger partial charge in [-0.15, -0.1) is 0 Å². The number of hydrogen-bond acceptors (Lipinski definition) is 4. The topological polar surface area (TPSA) is 72.6 Å². The quantitative estimate of drug-likeness (QED) is 0.805. The van der Waals surface area contributed by atoms with E-state index in [1.807, 2.05) is 13.8 Å². The van der Waals surface area contributed by atoms with Crippen molar-refractivity contribution in [1.82, 2.24) is 4.31 Å². The van der Waals surface area contributed by atoms with Gasteiger partial charge in [0.1, 0.15) is 10.7 Å². The van der Waals surface area contributed by atoms with Crippen LogP contribution in [0.5, 0.6) is 0 Å². The lowest BCUT2D eigenvalue weighted by molar-refractivity contribution is 0.0737. The number of benzene rings is 1. The monoisotopic (exact) mass is 290 g/mol. The Morgan fingerprint density at radius 1 is 1.42 bits per heavy atom. The largest absolute Gasteiger partial charge is 0.395 e. The van der Waals surface area contributed by atoms with Gasteiger partial charge in [-0.3, -0.25) is 0 Å². The average molecular weight is 290 g/mol. The highest BCUT2D eigenvalue weighted by Gasteiger charge is 2.24. The van der Waals surface area contributed by atoms with Gasteiger partial charge in [0.15, 0.2) is 0 Å². The van der Waals surface area contributed by atoms with Crippen molar-refractivity contribution in [2.24, 2.45) is 0 Å². The van der Waals surface area contributed by atoms with Crippen LogP contribution in [0.3, 0.4) is 0 Å². The summed E-state index contributed by atoms with van der Waals surface area (Å²) in [5.74, 6) is -0.743. The number of hydrogen-bond donors (Lipinski definition) is 1. The Morgan fingerprint density at radius 2 is 2.05 bits per heavy atom. The molecule has 1 aromatic rings. The third-order valence-electron chi connectivity index (χ3n) is 2.56. The van der Waals surface area contributed by atoms with Gasteiger partial charge in [-0.2, -0.15) is 4.31 Å². The lowest BCUT2D eigenvalue weighted by Crippen LogP contribution is -2.31. The average Bonchev–Trinajstić information content (AvgIpc) is 2.31. The lowest BCUT2D eigenvalue weighted by Gasteiger charge is -2.19. The van der Waals surface area contributed by atoms with Crippen LogP contribution in [0.2, 0.25) is 0 Å². The Bertz CT molecular complexity index is 532. The maximum absolute atomic E-state index is 13.3. The van der Waals surface area contributed by atoms with E-state index in [2.05, 4.69) is 0 Å². The van der Waals surface area contributed by atoms with Crippen LogP contribution in [0.1, 0.15) is 13.8 Å². The Kier molecular flexibility index (Phi) is 5.28. The van der Waals surface area contributed by atoms with Crippen molar-refractivity contribution in [2.75, 3.05) is 25.9 Å². The standard InChI is InChI=1S/C12H19FN2O3S/c1-9(2)18-8-7-15(3)19(16,17)11-6-4-5-10(13)12(11)14/h4-6,9H,7-8,14H2,1-3H3. The minimum Gasteiger partial charge on any atom is -0.395 e. The maximum atomic E-state index is 13.3. The number of anilines is 1. The first-order valence-corrected chi connectivity index (χ1v) is 7.32. The fourth-order valence-corrected chi connectivity index (χ4v) is 2.72. The molecule has 0 amide bonds. The number of halogens is 1. The maximum Gasteiger partial charge on any atom is 0.245 e. The van der Waals surface area contributed by atoms with Crippen molar-refractivity contribution in [3.05, 3.63) is 24.0 Å². The summed E-state index contributed by atoms with van der Waals surface area (Å²) >= 11 is 0. The van der Waals surface area contributed by atoms with Crippen molar-refractivity contribution in [3.63, 3.8) is 0 Å². The molecule has 19 heavy (non-hydrogen) atoms. The minimum atomic E-state index is -3.80. The fraction of sp³-hybridized carbons (Fsp3) is 0.500. The Hall–Kier alpha value is -1.18. The van der Waals surface area contributed by atoms with Gasteiger partial charge in [0.05, 0.1) is 18.4 Å². The van der Waals surface area contributed by atoms with Crippen molar-refractivity contribution < 1.29 is 17.5 Å². The van der Waals surface area contributed by atoms with Crippen molar-refractivity contribution in [1.29, 1.82) is 0 Å². The highest BCUT2D eigenvalue weighted by molar-refractivity contribution is 7.89. The molecular formula is C12H19FN2O3S. The number of para-hydroxylation sites is 1. The van der Waals surface area contributed by atoms with Crippen LogP contribution in [-0.4, -0.2) is 39.0 Å². The van der Waals surface area contributed by atoms with E-state index in [0.717, 1.165) is 10.4 Å². The van der Waals surface area contributed by atoms with E-state index in [-0.39, 0.29) is 29.8 Å². The van der Waals surface area contributed by atoms with Crippen molar-refractivity contribution >= 4 is 15.7 Å². The molecule has 2 N–H and O–H groups in total. The Morgan fingerprint density at radius 3 is 2.63 bits per heavy atom. The molecule has 0 aliphatic carbocycles. The van der Waals surface area contributed by atoms with E-state index in [4.69, 9.17) is 10.5 Å². The van der Waals surface area contributed by atoms with E-state index in [1.54, 1.807) is 0 Å². The van der Waals surface area contributed by atoms with E-state index >= 15 is 0 Å². The molecule has 0 spiro atoms. The number of nitrogens with two attached hydrogens (primary N) is 1. The van der Waals surface area contributed by atoms with Gasteiger partial charge in [0.2, 0.25) is 10.0 Å². The van der Waals surface area contributed by atoms with Crippen LogP contribution in [0.15, 0.2) is 23.1 Å². The molecule has 0 heterocycles. The summed E-state index contributed by atoms with van der Waals surface area (Å²) in [6.07, 6.45) is 0.0235. The normalized spacial score (nSPS) is 12.3. The Labute approximate surface area is 113 Å². The summed E-state index contributed by atoms with van der Waals surface area (Å²) in [4.78, 5) is -0.223. The summed E-state index contributed by atoms with van der Waals surface area (Å²) in [6.45, 7) is 4.16. The molecule has 0 radical (unpaired) electrons. The van der Waals surface area contributed by atoms with Gasteiger partial charge in [-0.05, 0) is 26.0 Å². The first-order chi connectivity index (χ1) is 8.76. The number of sulfonamides is 1. The minimum absolute atomic E-state index is 0.0235. The van der Waals surface area contributed by atoms with Gasteiger partial charge in [-0.25, -0.2) is 12.8 Å². The lowest BCUT2D eigenvalue weighted by atomic mass is 10.3. The number of likely N-dealkylation sites (N-methyl/N-ethyl adjacent to an activating group) is 1. The van der Waals surface area contributed by atoms with Gasteiger partial charge in [0.25, 0.3) is 0 Å². The number of nitrogen functional groups attached to an aromatic ring is 1. The third-order valence-corrected chi connectivity index (χ3v) is 4.47. The van der Waals surface area contributed by atoms with Crippen LogP contribution in [-0.2, 0) is 14.8 Å². The van der Waals surface area contributed by atoms with Crippen molar-refractivity contribution in [2.45, 2.75) is 24.8 Å². The zero-order chi connectivity index (χ0) is 14.6. The summed E-state index contributed by atoms with van der Waals surface area (Å²) in [5, 5.41) is 0. The second-order valence-electron chi connectivity index (χ2n) is 4.40. The number of rotatable bonds is 6. The zero-order valence-electron chi connectivity index (χ0n) is 11.3. The van der Waals surface area contributed by atoms with Gasteiger partial charge < -0.3 is 10.5 Å². The molecule has 7 heteroatoms. The molecule has 5 nitrogen and oxygen atoms in total. The second-order valence-corrected chi connectivity index (χ2v) is 6.41. The number of ether oxygens (including phenoxy) is 1. The molecule has 0 unspecified atom stereocenters. The summed E-state index contributed by atoms with van der Waals surface area (Å²) in [5.41, 5.74) is 5.11. The van der Waals surface area contributed by atoms with E-state index in [1.165, 1.54) is 19.2 Å². The van der Waals surface area contributed by atoms with E-state index in [9.17, 15) is 12.8 Å². The summed E-state index contributed by atoms with van der Waals surface area (Å²) in [6, 6.07) is 3.72. The van der Waals surface area contributed by atoms with Crippen LogP contribution in [0.4, 0.5) is 10.1 Å². The van der Waals surface area contributed by atoms with E-state index < -0.39 is 15.8 Å². The Balaban J connectivity index is 2.88. The van der Waals surface area contributed by atoms with Crippen LogP contribution >= 0.6 is 0 Å². The second kappa shape index (κ2) is 6.31. The summed E-state index contributed by atoms with van der Waals surface area (Å²) < 4.78 is 44.1. The van der Waals surface area contributed by atoms with E-state index in [0.29, 0.717) is 0 Å². The molecule has 0 aromatic heterocycles. The molecule has 0 atom stereocenters. The molecule has 1 aromatic carbocycles. The molecule has 0 bridgehead atoms. The molecule has 0 saturated heterocycles. The van der Waals surface area contributed by atoms with Crippen molar-refractivity contribution in [3.8, 4) is 0 Å². The molecule has 0 aliphatic heterocycles. The van der Waals surface area contributed by atoms with Crippen LogP contribution < -0.4 is 5.73 Å². The fourth-order valence-electron chi connectivity index (χ4n) is 1.45. The van der Waals surface area contributed by atoms with Crippen LogP contribution in [0, 0.1) is 5.82 Å². The first kappa shape index (κ1) is 15.9. The van der Waals surface area contributed by atoms with Gasteiger partial charge in [-0.1, -0.05) is 6.07 Å². The highest BCUT2D eigenvalue weighted by atomic mass is 32.2. The smallest absolute Gasteiger partial charge is 0.245 e. The third kappa shape index (κ3) is 3.89. The highest BCUT2D eigenvalue weighted by Crippen LogP contribution is 2.23. The number of nitrogens with zero attached hydrogens (tertiary/aromatic N) is 1.